The summed E-state index contributed by atoms with van der Waals surface area (Å²) in [6, 6.07) is 3.37. The number of carboxylic acid groups (broad SMARTS) is 1. The summed E-state index contributed by atoms with van der Waals surface area (Å²) in [5.74, 6) is -2.21. The van der Waals surface area contributed by atoms with E-state index in [4.69, 9.17) is 9.84 Å². The number of hydrogen-bond acceptors (Lipinski definition) is 3. The Bertz CT molecular complexity index is 513. The van der Waals surface area contributed by atoms with Crippen molar-refractivity contribution >= 4 is 11.9 Å². The van der Waals surface area contributed by atoms with Crippen LogP contribution in [0.5, 0.6) is 5.75 Å². The number of nitrogens with zero attached hydrogens (tertiary/aromatic N) is 1. The van der Waals surface area contributed by atoms with Crippen LogP contribution in [-0.2, 0) is 4.79 Å². The first kappa shape index (κ1) is 13.3. The minimum Gasteiger partial charge on any atom is -0.483 e. The van der Waals surface area contributed by atoms with Crippen molar-refractivity contribution in [1.29, 1.82) is 0 Å². The zero-order chi connectivity index (χ0) is 14.0. The molecular weight excluding hydrogens is 253 g/mol. The van der Waals surface area contributed by atoms with Crippen molar-refractivity contribution in [2.45, 2.75) is 18.9 Å². The third-order valence-electron chi connectivity index (χ3n) is 3.01. The first-order chi connectivity index (χ1) is 8.99. The van der Waals surface area contributed by atoms with E-state index in [-0.39, 0.29) is 29.9 Å². The molecule has 1 saturated carbocycles. The Balaban J connectivity index is 2.03. The summed E-state index contributed by atoms with van der Waals surface area (Å²) in [6.07, 6.45) is 1.95. The normalized spacial score (nSPS) is 14.0. The van der Waals surface area contributed by atoms with Gasteiger partial charge >= 0.3 is 5.97 Å². The highest BCUT2D eigenvalue weighted by Gasteiger charge is 2.29. The van der Waals surface area contributed by atoms with Crippen molar-refractivity contribution in [1.82, 2.24) is 4.90 Å². The zero-order valence-electron chi connectivity index (χ0n) is 10.4. The van der Waals surface area contributed by atoms with Gasteiger partial charge < -0.3 is 14.7 Å². The first-order valence-electron chi connectivity index (χ1n) is 5.90. The van der Waals surface area contributed by atoms with Gasteiger partial charge in [0, 0.05) is 19.2 Å². The number of benzene rings is 1. The molecule has 0 aromatic heterocycles. The highest BCUT2D eigenvalue weighted by Crippen LogP contribution is 2.25. The number of ether oxygens (including phenoxy) is 1. The minimum absolute atomic E-state index is 0.134. The van der Waals surface area contributed by atoms with Gasteiger partial charge in [-0.1, -0.05) is 0 Å². The predicted octanol–water partition coefficient (Wildman–Crippen LogP) is 1.52. The Morgan fingerprint density at radius 3 is 2.74 bits per heavy atom. The third-order valence-corrected chi connectivity index (χ3v) is 3.01. The second-order valence-electron chi connectivity index (χ2n) is 4.47. The van der Waals surface area contributed by atoms with E-state index in [1.54, 1.807) is 11.9 Å². The molecule has 1 amide bonds. The summed E-state index contributed by atoms with van der Waals surface area (Å²) in [7, 11) is 1.67. The van der Waals surface area contributed by atoms with Crippen LogP contribution in [0.15, 0.2) is 18.2 Å². The van der Waals surface area contributed by atoms with E-state index in [0.717, 1.165) is 31.0 Å². The van der Waals surface area contributed by atoms with Gasteiger partial charge in [-0.15, -0.1) is 0 Å². The maximum absolute atomic E-state index is 13.1. The molecule has 0 saturated heterocycles. The van der Waals surface area contributed by atoms with Crippen molar-refractivity contribution in [3.63, 3.8) is 0 Å². The highest BCUT2D eigenvalue weighted by molar-refractivity contribution is 5.91. The Morgan fingerprint density at radius 2 is 2.16 bits per heavy atom. The molecule has 5 nitrogen and oxygen atoms in total. The molecule has 1 aliphatic carbocycles. The number of rotatable bonds is 5. The maximum atomic E-state index is 13.1. The zero-order valence-corrected chi connectivity index (χ0v) is 10.4. The van der Waals surface area contributed by atoms with Crippen molar-refractivity contribution < 1.29 is 23.8 Å². The van der Waals surface area contributed by atoms with Crippen LogP contribution in [0.25, 0.3) is 0 Å². The standard InChI is InChI=1S/C13H14FNO4/c1-15(9-3-4-9)12(16)7-19-11-6-8(14)2-5-10(11)13(17)18/h2,5-6,9H,3-4,7H2,1H3,(H,17,18). The van der Waals surface area contributed by atoms with Crippen molar-refractivity contribution in [2.75, 3.05) is 13.7 Å². The van der Waals surface area contributed by atoms with Crippen LogP contribution >= 0.6 is 0 Å². The Labute approximate surface area is 109 Å². The van der Waals surface area contributed by atoms with Crippen LogP contribution in [0, 0.1) is 5.82 Å². The molecule has 0 aliphatic heterocycles. The lowest BCUT2D eigenvalue weighted by atomic mass is 10.2. The molecule has 2 rings (SSSR count). The number of carboxylic acids is 1. The topological polar surface area (TPSA) is 66.8 Å². The molecule has 0 radical (unpaired) electrons. The van der Waals surface area contributed by atoms with E-state index < -0.39 is 11.8 Å². The van der Waals surface area contributed by atoms with Crippen molar-refractivity contribution in [2.24, 2.45) is 0 Å². The summed E-state index contributed by atoms with van der Waals surface area (Å²) in [4.78, 5) is 24.2. The fourth-order valence-electron chi connectivity index (χ4n) is 1.70. The molecule has 0 unspecified atom stereocenters. The van der Waals surface area contributed by atoms with Crippen LogP contribution < -0.4 is 4.74 Å². The van der Waals surface area contributed by atoms with Crippen LogP contribution in [0.2, 0.25) is 0 Å². The molecule has 1 N–H and O–H groups in total. The van der Waals surface area contributed by atoms with Gasteiger partial charge in [0.15, 0.2) is 6.61 Å². The smallest absolute Gasteiger partial charge is 0.339 e. The number of likely N-dealkylation sites (N-methyl/N-ethyl adjacent to an activating group) is 1. The third kappa shape index (κ3) is 3.21. The maximum Gasteiger partial charge on any atom is 0.339 e. The number of hydrogen-bond donors (Lipinski definition) is 1. The second kappa shape index (κ2) is 5.26. The van der Waals surface area contributed by atoms with Gasteiger partial charge in [-0.2, -0.15) is 0 Å². The van der Waals surface area contributed by atoms with Gasteiger partial charge in [-0.25, -0.2) is 9.18 Å². The highest BCUT2D eigenvalue weighted by atomic mass is 19.1. The predicted molar refractivity (Wildman–Crippen MR) is 64.6 cm³/mol. The summed E-state index contributed by atoms with van der Waals surface area (Å²) in [6.45, 7) is -0.295. The Morgan fingerprint density at radius 1 is 1.47 bits per heavy atom. The molecule has 6 heteroatoms. The number of carbonyl (C=O) groups is 2. The Kier molecular flexibility index (Phi) is 3.69. The van der Waals surface area contributed by atoms with Gasteiger partial charge in [-0.05, 0) is 25.0 Å². The molecule has 0 heterocycles. The SMILES string of the molecule is CN(C(=O)COc1cc(F)ccc1C(=O)O)C1CC1. The molecule has 0 bridgehead atoms. The van der Waals surface area contributed by atoms with Crippen molar-refractivity contribution in [3.8, 4) is 5.75 Å². The molecule has 0 spiro atoms. The second-order valence-corrected chi connectivity index (χ2v) is 4.47. The quantitative estimate of drug-likeness (QED) is 0.878. The number of carbonyl (C=O) groups excluding carboxylic acids is 1. The van der Waals surface area contributed by atoms with E-state index in [9.17, 15) is 14.0 Å². The summed E-state index contributed by atoms with van der Waals surface area (Å²) < 4.78 is 18.2. The number of amides is 1. The molecule has 19 heavy (non-hydrogen) atoms. The van der Waals surface area contributed by atoms with E-state index >= 15 is 0 Å². The molecule has 1 aromatic carbocycles. The number of aromatic carboxylic acids is 1. The van der Waals surface area contributed by atoms with Crippen LogP contribution in [0.1, 0.15) is 23.2 Å². The molecule has 1 fully saturated rings. The van der Waals surface area contributed by atoms with Crippen LogP contribution in [0.4, 0.5) is 4.39 Å². The molecule has 1 aliphatic rings. The average molecular weight is 267 g/mol. The van der Waals surface area contributed by atoms with E-state index in [1.807, 2.05) is 0 Å². The molecule has 102 valence electrons. The van der Waals surface area contributed by atoms with Gasteiger partial charge in [0.2, 0.25) is 0 Å². The van der Waals surface area contributed by atoms with E-state index in [0.29, 0.717) is 0 Å². The van der Waals surface area contributed by atoms with Crippen molar-refractivity contribution in [3.05, 3.63) is 29.6 Å². The van der Waals surface area contributed by atoms with Crippen LogP contribution in [0.3, 0.4) is 0 Å². The van der Waals surface area contributed by atoms with Gasteiger partial charge in [0.25, 0.3) is 5.91 Å². The fourth-order valence-corrected chi connectivity index (χ4v) is 1.70. The summed E-state index contributed by atoms with van der Waals surface area (Å²) >= 11 is 0. The van der Waals surface area contributed by atoms with Gasteiger partial charge in [0.05, 0.1) is 0 Å². The van der Waals surface area contributed by atoms with Gasteiger partial charge in [-0.3, -0.25) is 4.79 Å². The van der Waals surface area contributed by atoms with E-state index in [1.165, 1.54) is 0 Å². The van der Waals surface area contributed by atoms with Gasteiger partial charge in [0.1, 0.15) is 17.1 Å². The monoisotopic (exact) mass is 267 g/mol. The Hall–Kier alpha value is -2.11. The van der Waals surface area contributed by atoms with Crippen LogP contribution in [-0.4, -0.2) is 41.6 Å². The number of halogens is 1. The minimum atomic E-state index is -1.22. The summed E-state index contributed by atoms with van der Waals surface area (Å²) in [5.41, 5.74) is -0.164. The lowest BCUT2D eigenvalue weighted by molar-refractivity contribution is -0.132. The van der Waals surface area contributed by atoms with E-state index in [2.05, 4.69) is 0 Å². The lowest BCUT2D eigenvalue weighted by Crippen LogP contribution is -2.33. The molecule has 0 atom stereocenters. The fraction of sp³-hybridized carbons (Fsp3) is 0.385. The summed E-state index contributed by atoms with van der Waals surface area (Å²) in [5, 5.41) is 8.93. The lowest BCUT2D eigenvalue weighted by Gasteiger charge is -2.17. The average Bonchev–Trinajstić information content (AvgIpc) is 3.18. The molecular formula is C13H14FNO4. The first-order valence-corrected chi connectivity index (χ1v) is 5.90. The molecule has 1 aromatic rings. The largest absolute Gasteiger partial charge is 0.483 e.